The van der Waals surface area contributed by atoms with Crippen molar-refractivity contribution in [2.75, 3.05) is 13.2 Å². The van der Waals surface area contributed by atoms with Gasteiger partial charge < -0.3 is 10.1 Å². The molecule has 0 radical (unpaired) electrons. The lowest BCUT2D eigenvalue weighted by Crippen LogP contribution is -2.33. The predicted molar refractivity (Wildman–Crippen MR) is 94.0 cm³/mol. The van der Waals surface area contributed by atoms with E-state index in [0.717, 1.165) is 44.1 Å². The molecule has 4 rings (SSSR count). The Hall–Kier alpha value is -2.25. The minimum absolute atomic E-state index is 0.117. The van der Waals surface area contributed by atoms with Crippen molar-refractivity contribution in [1.29, 1.82) is 0 Å². The summed E-state index contributed by atoms with van der Waals surface area (Å²) in [5, 5.41) is 7.94. The second-order valence-electron chi connectivity index (χ2n) is 6.46. The predicted octanol–water partition coefficient (Wildman–Crippen LogP) is 2.20. The highest BCUT2D eigenvalue weighted by molar-refractivity contribution is 5.29. The molecule has 1 N–H and O–H groups in total. The maximum absolute atomic E-state index is 6.10. The van der Waals surface area contributed by atoms with Gasteiger partial charge >= 0.3 is 0 Å². The second-order valence-corrected chi connectivity index (χ2v) is 6.46. The molecule has 1 aliphatic rings. The highest BCUT2D eigenvalue weighted by Gasteiger charge is 2.29. The maximum Gasteiger partial charge on any atom is 0.233 e. The largest absolute Gasteiger partial charge is 0.372 e. The van der Waals surface area contributed by atoms with Gasteiger partial charge in [-0.25, -0.2) is 9.97 Å². The van der Waals surface area contributed by atoms with E-state index in [0.29, 0.717) is 5.92 Å². The molecule has 7 nitrogen and oxygen atoms in total. The topological polar surface area (TPSA) is 69.3 Å². The summed E-state index contributed by atoms with van der Waals surface area (Å²) >= 11 is 0. The Morgan fingerprint density at radius 2 is 2.32 bits per heavy atom. The Morgan fingerprint density at radius 1 is 1.36 bits per heavy atom. The normalized spacial score (nSPS) is 21.0. The molecule has 0 amide bonds. The molecule has 3 aromatic heterocycles. The molecule has 2 atom stereocenters. The maximum atomic E-state index is 6.10. The van der Waals surface area contributed by atoms with Crippen LogP contribution in [0.1, 0.15) is 37.3 Å². The number of hydrogen-bond acceptors (Lipinski definition) is 5. The van der Waals surface area contributed by atoms with E-state index in [1.807, 2.05) is 33.7 Å². The van der Waals surface area contributed by atoms with E-state index >= 15 is 0 Å². The van der Waals surface area contributed by atoms with Gasteiger partial charge in [0.2, 0.25) is 5.78 Å². The summed E-state index contributed by atoms with van der Waals surface area (Å²) in [4.78, 5) is 8.79. The number of nitrogens with one attached hydrogen (secondary N) is 1. The van der Waals surface area contributed by atoms with Crippen LogP contribution < -0.4 is 5.32 Å². The summed E-state index contributed by atoms with van der Waals surface area (Å²) in [5.41, 5.74) is 2.19. The van der Waals surface area contributed by atoms with Crippen molar-refractivity contribution in [3.8, 4) is 0 Å². The van der Waals surface area contributed by atoms with E-state index in [9.17, 15) is 0 Å². The van der Waals surface area contributed by atoms with Crippen LogP contribution in [0.4, 0.5) is 0 Å². The van der Waals surface area contributed by atoms with Gasteiger partial charge in [-0.3, -0.25) is 9.08 Å². The molecule has 0 unspecified atom stereocenters. The van der Waals surface area contributed by atoms with Crippen molar-refractivity contribution in [2.24, 2.45) is 5.92 Å². The van der Waals surface area contributed by atoms with Crippen LogP contribution in [-0.4, -0.2) is 37.3 Å². The fourth-order valence-corrected chi connectivity index (χ4v) is 3.58. The van der Waals surface area contributed by atoms with Crippen LogP contribution in [0.5, 0.6) is 0 Å². The number of fused-ring (bicyclic) bond motifs is 1. The van der Waals surface area contributed by atoms with Crippen LogP contribution in [0.3, 0.4) is 0 Å². The molecule has 0 aliphatic carbocycles. The van der Waals surface area contributed by atoms with Crippen LogP contribution >= 0.6 is 0 Å². The van der Waals surface area contributed by atoms with E-state index in [1.54, 1.807) is 6.20 Å². The van der Waals surface area contributed by atoms with E-state index in [-0.39, 0.29) is 6.10 Å². The zero-order valence-electron chi connectivity index (χ0n) is 14.5. The molecule has 7 heteroatoms. The molecule has 0 bridgehead atoms. The first-order chi connectivity index (χ1) is 12.3. The summed E-state index contributed by atoms with van der Waals surface area (Å²) in [6.45, 7) is 5.45. The number of rotatable bonds is 6. The fourth-order valence-electron chi connectivity index (χ4n) is 3.58. The fraction of sp³-hybridized carbons (Fsp3) is 0.500. The van der Waals surface area contributed by atoms with E-state index < -0.39 is 0 Å². The summed E-state index contributed by atoms with van der Waals surface area (Å²) in [6, 6.07) is 3.99. The van der Waals surface area contributed by atoms with Crippen LogP contribution in [0.2, 0.25) is 0 Å². The second kappa shape index (κ2) is 7.33. The lowest BCUT2D eigenvalue weighted by molar-refractivity contribution is -0.0327. The monoisotopic (exact) mass is 340 g/mol. The smallest absolute Gasteiger partial charge is 0.233 e. The van der Waals surface area contributed by atoms with Gasteiger partial charge in [0.1, 0.15) is 6.10 Å². The molecular formula is C18H24N6O. The van der Waals surface area contributed by atoms with Crippen molar-refractivity contribution in [2.45, 2.75) is 39.0 Å². The third kappa shape index (κ3) is 3.43. The molecule has 3 aromatic rings. The lowest BCUT2D eigenvalue weighted by Gasteiger charge is -2.32. The zero-order chi connectivity index (χ0) is 17.1. The van der Waals surface area contributed by atoms with Gasteiger partial charge in [0, 0.05) is 56.9 Å². The minimum Gasteiger partial charge on any atom is -0.372 e. The Morgan fingerprint density at radius 3 is 3.20 bits per heavy atom. The first kappa shape index (κ1) is 16.2. The van der Waals surface area contributed by atoms with Gasteiger partial charge in [-0.1, -0.05) is 0 Å². The molecule has 0 saturated carbocycles. The van der Waals surface area contributed by atoms with E-state index in [2.05, 4.69) is 33.4 Å². The van der Waals surface area contributed by atoms with Crippen LogP contribution in [0, 0.1) is 5.92 Å². The summed E-state index contributed by atoms with van der Waals surface area (Å²) in [5.74, 6) is 1.19. The number of ether oxygens (including phenoxy) is 1. The van der Waals surface area contributed by atoms with Crippen molar-refractivity contribution < 1.29 is 4.74 Å². The SMILES string of the molecule is CCn1nccc1[C@@H]1OCCC[C@H]1CNCc1cn2cccnc2n1. The summed E-state index contributed by atoms with van der Waals surface area (Å²) in [6.07, 6.45) is 10.0. The Kier molecular flexibility index (Phi) is 4.76. The van der Waals surface area contributed by atoms with Gasteiger partial charge in [0.05, 0.1) is 11.4 Å². The molecule has 1 fully saturated rings. The van der Waals surface area contributed by atoms with Crippen molar-refractivity contribution >= 4 is 5.78 Å². The minimum atomic E-state index is 0.117. The van der Waals surface area contributed by atoms with Crippen LogP contribution in [-0.2, 0) is 17.8 Å². The molecule has 25 heavy (non-hydrogen) atoms. The Bertz CT molecular complexity index is 793. The van der Waals surface area contributed by atoms with Crippen LogP contribution in [0.25, 0.3) is 5.78 Å². The first-order valence-corrected chi connectivity index (χ1v) is 8.98. The van der Waals surface area contributed by atoms with Crippen molar-refractivity contribution in [3.63, 3.8) is 0 Å². The summed E-state index contributed by atoms with van der Waals surface area (Å²) < 4.78 is 10.1. The van der Waals surface area contributed by atoms with E-state index in [1.165, 1.54) is 12.1 Å². The van der Waals surface area contributed by atoms with Gasteiger partial charge in [0.15, 0.2) is 0 Å². The molecule has 0 aromatic carbocycles. The van der Waals surface area contributed by atoms with Crippen LogP contribution in [0.15, 0.2) is 36.9 Å². The Balaban J connectivity index is 1.40. The average molecular weight is 340 g/mol. The van der Waals surface area contributed by atoms with Gasteiger partial charge in [-0.2, -0.15) is 5.10 Å². The van der Waals surface area contributed by atoms with Crippen molar-refractivity contribution in [3.05, 3.63) is 48.3 Å². The zero-order valence-corrected chi connectivity index (χ0v) is 14.5. The quantitative estimate of drug-likeness (QED) is 0.745. The van der Waals surface area contributed by atoms with Gasteiger partial charge in [-0.05, 0) is 31.9 Å². The van der Waals surface area contributed by atoms with Crippen molar-refractivity contribution in [1.82, 2.24) is 29.5 Å². The highest BCUT2D eigenvalue weighted by Crippen LogP contribution is 2.33. The number of nitrogens with zero attached hydrogens (tertiary/aromatic N) is 5. The number of aromatic nitrogens is 5. The first-order valence-electron chi connectivity index (χ1n) is 8.98. The molecular weight excluding hydrogens is 316 g/mol. The molecule has 1 aliphatic heterocycles. The van der Waals surface area contributed by atoms with E-state index in [4.69, 9.17) is 4.74 Å². The number of hydrogen-bond donors (Lipinski definition) is 1. The Labute approximate surface area is 147 Å². The number of aryl methyl sites for hydroxylation is 1. The lowest BCUT2D eigenvalue weighted by atomic mass is 9.92. The number of imidazole rings is 1. The third-order valence-electron chi connectivity index (χ3n) is 4.78. The molecule has 0 spiro atoms. The summed E-state index contributed by atoms with van der Waals surface area (Å²) in [7, 11) is 0. The molecule has 1 saturated heterocycles. The molecule has 132 valence electrons. The van der Waals surface area contributed by atoms with Gasteiger partial charge in [-0.15, -0.1) is 0 Å². The van der Waals surface area contributed by atoms with Gasteiger partial charge in [0.25, 0.3) is 0 Å². The standard InChI is InChI=1S/C18H24N6O/c1-2-24-16(6-8-21-24)17-14(5-3-10-25-17)11-19-12-15-13-23-9-4-7-20-18(23)22-15/h4,6-9,13-14,17,19H,2-3,5,10-12H2,1H3/t14-,17+/m0/s1. The highest BCUT2D eigenvalue weighted by atomic mass is 16.5. The third-order valence-corrected chi connectivity index (χ3v) is 4.78. The molecule has 4 heterocycles. The average Bonchev–Trinajstić information content (AvgIpc) is 3.28.